The lowest BCUT2D eigenvalue weighted by Gasteiger charge is -2.20. The van der Waals surface area contributed by atoms with Crippen molar-refractivity contribution in [2.75, 3.05) is 20.3 Å². The molecule has 1 aliphatic carbocycles. The third kappa shape index (κ3) is 2.96. The standard InChI is InChI=1S/C21H20N2O4S/c1-25-14-10-12(11-15-19(14)27-9-8-26-15)6-7-17-22-20(24)18-13-4-2-3-5-16(13)28-21(18)23-17/h6-7,10-11H,2-5,8-9H2,1H3,(H,22,23,24)/b7-6+. The molecule has 3 aromatic rings. The van der Waals surface area contributed by atoms with Crippen molar-refractivity contribution in [3.8, 4) is 17.2 Å². The predicted molar refractivity (Wildman–Crippen MR) is 110 cm³/mol. The highest BCUT2D eigenvalue weighted by Gasteiger charge is 2.20. The molecule has 5 rings (SSSR count). The summed E-state index contributed by atoms with van der Waals surface area (Å²) in [6.07, 6.45) is 8.06. The van der Waals surface area contributed by atoms with Gasteiger partial charge in [0.05, 0.1) is 12.5 Å². The molecule has 2 aromatic heterocycles. The Hall–Kier alpha value is -2.80. The van der Waals surface area contributed by atoms with Crippen molar-refractivity contribution in [2.24, 2.45) is 0 Å². The Labute approximate surface area is 165 Å². The van der Waals surface area contributed by atoms with Crippen LogP contribution in [0.25, 0.3) is 22.4 Å². The second-order valence-electron chi connectivity index (χ2n) is 6.92. The molecule has 1 aromatic carbocycles. The number of fused-ring (bicyclic) bond motifs is 4. The van der Waals surface area contributed by atoms with Crippen LogP contribution in [0.2, 0.25) is 0 Å². The fourth-order valence-corrected chi connectivity index (χ4v) is 5.09. The molecule has 2 aliphatic rings. The van der Waals surface area contributed by atoms with E-state index in [-0.39, 0.29) is 5.56 Å². The minimum atomic E-state index is -0.0520. The summed E-state index contributed by atoms with van der Waals surface area (Å²) in [5.41, 5.74) is 2.03. The van der Waals surface area contributed by atoms with Crippen LogP contribution in [0.15, 0.2) is 16.9 Å². The third-order valence-corrected chi connectivity index (χ3v) is 6.31. The molecular weight excluding hydrogens is 376 g/mol. The highest BCUT2D eigenvalue weighted by Crippen LogP contribution is 2.40. The summed E-state index contributed by atoms with van der Waals surface area (Å²) >= 11 is 1.65. The minimum absolute atomic E-state index is 0.0520. The van der Waals surface area contributed by atoms with E-state index in [1.165, 1.54) is 16.9 Å². The van der Waals surface area contributed by atoms with Crippen LogP contribution < -0.4 is 19.8 Å². The van der Waals surface area contributed by atoms with Crippen molar-refractivity contribution in [1.29, 1.82) is 0 Å². The average molecular weight is 396 g/mol. The molecular formula is C21H20N2O4S. The number of nitrogens with one attached hydrogen (secondary N) is 1. The van der Waals surface area contributed by atoms with Crippen LogP contribution in [0.4, 0.5) is 0 Å². The lowest BCUT2D eigenvalue weighted by atomic mass is 9.97. The molecule has 0 unspecified atom stereocenters. The number of methoxy groups -OCH3 is 1. The van der Waals surface area contributed by atoms with Crippen LogP contribution in [-0.4, -0.2) is 30.3 Å². The molecule has 1 N–H and O–H groups in total. The number of aromatic nitrogens is 2. The van der Waals surface area contributed by atoms with Gasteiger partial charge in [0.2, 0.25) is 5.75 Å². The van der Waals surface area contributed by atoms with Gasteiger partial charge >= 0.3 is 0 Å². The van der Waals surface area contributed by atoms with Crippen molar-refractivity contribution in [3.05, 3.63) is 44.3 Å². The summed E-state index contributed by atoms with van der Waals surface area (Å²) in [7, 11) is 1.60. The van der Waals surface area contributed by atoms with Crippen LogP contribution >= 0.6 is 11.3 Å². The molecule has 0 spiro atoms. The van der Waals surface area contributed by atoms with E-state index in [4.69, 9.17) is 14.2 Å². The first-order valence-corrected chi connectivity index (χ1v) is 10.2. The number of nitrogens with zero attached hydrogens (tertiary/aromatic N) is 1. The zero-order valence-electron chi connectivity index (χ0n) is 15.5. The summed E-state index contributed by atoms with van der Waals surface area (Å²) in [5.74, 6) is 2.46. The van der Waals surface area contributed by atoms with Crippen LogP contribution in [0.5, 0.6) is 17.2 Å². The Morgan fingerprint density at radius 1 is 1.18 bits per heavy atom. The van der Waals surface area contributed by atoms with Crippen molar-refractivity contribution in [3.63, 3.8) is 0 Å². The number of aromatic amines is 1. The average Bonchev–Trinajstić information content (AvgIpc) is 3.10. The fourth-order valence-electron chi connectivity index (χ4n) is 3.82. The third-order valence-electron chi connectivity index (χ3n) is 5.13. The molecule has 1 aliphatic heterocycles. The lowest BCUT2D eigenvalue weighted by molar-refractivity contribution is 0.165. The van der Waals surface area contributed by atoms with Gasteiger partial charge in [0, 0.05) is 4.88 Å². The van der Waals surface area contributed by atoms with E-state index < -0.39 is 0 Å². The van der Waals surface area contributed by atoms with Gasteiger partial charge < -0.3 is 19.2 Å². The Balaban J connectivity index is 1.51. The number of hydrogen-bond acceptors (Lipinski definition) is 6. The summed E-state index contributed by atoms with van der Waals surface area (Å²) < 4.78 is 16.7. The van der Waals surface area contributed by atoms with Crippen molar-refractivity contribution >= 4 is 33.7 Å². The van der Waals surface area contributed by atoms with Gasteiger partial charge in [-0.15, -0.1) is 11.3 Å². The molecule has 6 nitrogen and oxygen atoms in total. The number of H-pyrrole nitrogens is 1. The quantitative estimate of drug-likeness (QED) is 0.729. The van der Waals surface area contributed by atoms with Gasteiger partial charge in [-0.05, 0) is 55.0 Å². The summed E-state index contributed by atoms with van der Waals surface area (Å²) in [4.78, 5) is 22.4. The first-order chi connectivity index (χ1) is 13.7. The predicted octanol–water partition coefficient (Wildman–Crippen LogP) is 3.81. The van der Waals surface area contributed by atoms with Crippen LogP contribution in [0.3, 0.4) is 0 Å². The number of rotatable bonds is 3. The van der Waals surface area contributed by atoms with Crippen molar-refractivity contribution < 1.29 is 14.2 Å². The first-order valence-electron chi connectivity index (χ1n) is 9.43. The molecule has 0 atom stereocenters. The number of hydrogen-bond donors (Lipinski definition) is 1. The summed E-state index contributed by atoms with van der Waals surface area (Å²) in [6.45, 7) is 1.02. The minimum Gasteiger partial charge on any atom is -0.493 e. The molecule has 144 valence electrons. The fraction of sp³-hybridized carbons (Fsp3) is 0.333. The van der Waals surface area contributed by atoms with Gasteiger partial charge in [-0.2, -0.15) is 0 Å². The zero-order chi connectivity index (χ0) is 19.1. The van der Waals surface area contributed by atoms with Gasteiger partial charge in [0.1, 0.15) is 23.9 Å². The van der Waals surface area contributed by atoms with E-state index >= 15 is 0 Å². The van der Waals surface area contributed by atoms with E-state index in [1.54, 1.807) is 18.4 Å². The van der Waals surface area contributed by atoms with Crippen LogP contribution in [0, 0.1) is 0 Å². The van der Waals surface area contributed by atoms with Gasteiger partial charge in [-0.25, -0.2) is 4.98 Å². The van der Waals surface area contributed by atoms with E-state index in [0.29, 0.717) is 36.3 Å². The number of thiophene rings is 1. The Bertz CT molecular complexity index is 1130. The van der Waals surface area contributed by atoms with Gasteiger partial charge in [0.15, 0.2) is 11.5 Å². The SMILES string of the molecule is COc1cc(/C=C/c2nc3sc4c(c3c(=O)[nH]2)CCCC4)cc2c1OCCO2. The van der Waals surface area contributed by atoms with Gasteiger partial charge in [0.25, 0.3) is 5.56 Å². The van der Waals surface area contributed by atoms with Crippen LogP contribution in [0.1, 0.15) is 34.7 Å². The Kier molecular flexibility index (Phi) is 4.31. The molecule has 28 heavy (non-hydrogen) atoms. The second-order valence-corrected chi connectivity index (χ2v) is 8.01. The van der Waals surface area contributed by atoms with E-state index in [9.17, 15) is 4.79 Å². The Morgan fingerprint density at radius 3 is 2.93 bits per heavy atom. The maximum absolute atomic E-state index is 12.7. The normalized spacial score (nSPS) is 15.8. The highest BCUT2D eigenvalue weighted by atomic mass is 32.1. The van der Waals surface area contributed by atoms with Crippen molar-refractivity contribution in [2.45, 2.75) is 25.7 Å². The number of ether oxygens (including phenoxy) is 3. The second kappa shape index (κ2) is 6.98. The van der Waals surface area contributed by atoms with E-state index in [1.807, 2.05) is 24.3 Å². The Morgan fingerprint density at radius 2 is 2.04 bits per heavy atom. The zero-order valence-corrected chi connectivity index (χ0v) is 16.4. The largest absolute Gasteiger partial charge is 0.493 e. The molecule has 0 bridgehead atoms. The number of aryl methyl sites for hydroxylation is 2. The molecule has 0 amide bonds. The molecule has 0 saturated carbocycles. The maximum atomic E-state index is 12.7. The monoisotopic (exact) mass is 396 g/mol. The lowest BCUT2D eigenvalue weighted by Crippen LogP contribution is -2.16. The van der Waals surface area contributed by atoms with E-state index in [0.717, 1.165) is 35.0 Å². The topological polar surface area (TPSA) is 73.4 Å². The van der Waals surface area contributed by atoms with Gasteiger partial charge in [-0.1, -0.05) is 6.08 Å². The van der Waals surface area contributed by atoms with Crippen molar-refractivity contribution in [1.82, 2.24) is 9.97 Å². The molecule has 7 heteroatoms. The molecule has 3 heterocycles. The van der Waals surface area contributed by atoms with Gasteiger partial charge in [-0.3, -0.25) is 4.79 Å². The first kappa shape index (κ1) is 17.3. The molecule has 0 saturated heterocycles. The summed E-state index contributed by atoms with van der Waals surface area (Å²) in [5, 5.41) is 0.776. The van der Waals surface area contributed by atoms with Crippen LogP contribution in [-0.2, 0) is 12.8 Å². The molecule has 0 radical (unpaired) electrons. The highest BCUT2D eigenvalue weighted by molar-refractivity contribution is 7.18. The smallest absolute Gasteiger partial charge is 0.260 e. The maximum Gasteiger partial charge on any atom is 0.260 e. The molecule has 0 fully saturated rings. The summed E-state index contributed by atoms with van der Waals surface area (Å²) in [6, 6.07) is 3.78. The number of benzene rings is 1. The van der Waals surface area contributed by atoms with E-state index in [2.05, 4.69) is 9.97 Å².